The highest BCUT2D eigenvalue weighted by Crippen LogP contribution is 2.37. The van der Waals surface area contributed by atoms with Gasteiger partial charge >= 0.3 is 5.97 Å². The number of rotatable bonds is 8. The van der Waals surface area contributed by atoms with Gasteiger partial charge in [0.1, 0.15) is 24.4 Å². The van der Waals surface area contributed by atoms with Gasteiger partial charge in [0.05, 0.1) is 19.8 Å². The average Bonchev–Trinajstić information content (AvgIpc) is 3.21. The van der Waals surface area contributed by atoms with Gasteiger partial charge in [-0.1, -0.05) is 30.3 Å². The number of carbonyl (C=O) groups excluding carboxylic acids is 1. The van der Waals surface area contributed by atoms with Crippen LogP contribution in [0, 0.1) is 0 Å². The number of carbonyl (C=O) groups is 1. The number of benzene rings is 1. The minimum atomic E-state index is -1.33. The van der Waals surface area contributed by atoms with Gasteiger partial charge in [-0.15, -0.1) is 0 Å². The van der Waals surface area contributed by atoms with Crippen molar-refractivity contribution in [2.75, 3.05) is 13.2 Å². The van der Waals surface area contributed by atoms with Gasteiger partial charge in [-0.3, -0.25) is 0 Å². The first kappa shape index (κ1) is 23.1. The molecule has 2 heterocycles. The Kier molecular flexibility index (Phi) is 7.16. The van der Waals surface area contributed by atoms with Gasteiger partial charge < -0.3 is 33.5 Å². The molecule has 1 aromatic rings. The fourth-order valence-electron chi connectivity index (χ4n) is 3.71. The van der Waals surface area contributed by atoms with Crippen LogP contribution in [0.4, 0.5) is 0 Å². The normalized spacial score (nSPS) is 29.5. The lowest BCUT2D eigenvalue weighted by atomic mass is 9.99. The van der Waals surface area contributed by atoms with Crippen LogP contribution in [-0.4, -0.2) is 66.4 Å². The van der Waals surface area contributed by atoms with Crippen molar-refractivity contribution in [1.29, 1.82) is 0 Å². The Balaban J connectivity index is 1.78. The van der Waals surface area contributed by atoms with Crippen molar-refractivity contribution < 1.29 is 38.3 Å². The van der Waals surface area contributed by atoms with Crippen LogP contribution in [0.3, 0.4) is 0 Å². The zero-order valence-electron chi connectivity index (χ0n) is 18.2. The van der Waals surface area contributed by atoms with Crippen molar-refractivity contribution in [2.45, 2.75) is 83.3 Å². The Morgan fingerprint density at radius 2 is 1.83 bits per heavy atom. The van der Waals surface area contributed by atoms with Gasteiger partial charge in [-0.25, -0.2) is 4.79 Å². The van der Waals surface area contributed by atoms with Crippen molar-refractivity contribution in [2.24, 2.45) is 0 Å². The van der Waals surface area contributed by atoms with E-state index in [-0.39, 0.29) is 19.8 Å². The molecule has 8 heteroatoms. The van der Waals surface area contributed by atoms with Crippen molar-refractivity contribution in [3.8, 4) is 0 Å². The summed E-state index contributed by atoms with van der Waals surface area (Å²) >= 11 is 0. The summed E-state index contributed by atoms with van der Waals surface area (Å²) in [4.78, 5) is 12.6. The van der Waals surface area contributed by atoms with Crippen molar-refractivity contribution in [3.63, 3.8) is 0 Å². The molecule has 1 aromatic carbocycles. The molecule has 0 unspecified atom stereocenters. The molecule has 5 atom stereocenters. The third kappa shape index (κ3) is 5.57. The molecule has 0 spiro atoms. The molecule has 3 rings (SSSR count). The molecule has 0 amide bonds. The fraction of sp³-hybridized carbons (Fsp3) is 0.682. The molecular weight excluding hydrogens is 392 g/mol. The molecule has 168 valence electrons. The number of hydrogen-bond donors (Lipinski definition) is 1. The van der Waals surface area contributed by atoms with Crippen molar-refractivity contribution in [1.82, 2.24) is 0 Å². The van der Waals surface area contributed by atoms with Crippen LogP contribution >= 0.6 is 0 Å². The van der Waals surface area contributed by atoms with Gasteiger partial charge in [0, 0.05) is 0 Å². The lowest BCUT2D eigenvalue weighted by Gasteiger charge is -2.30. The van der Waals surface area contributed by atoms with E-state index in [2.05, 4.69) is 0 Å². The van der Waals surface area contributed by atoms with Crippen LogP contribution in [0.5, 0.6) is 0 Å². The molecule has 0 aliphatic carbocycles. The monoisotopic (exact) mass is 424 g/mol. The SMILES string of the molecule is CCOC(=O)[C@H](OCc1ccccc1)[C@@H](O)[C@H]1OC(C)(C)O[C@@H]1[C@H]1COC(C)(C)O1. The second-order valence-electron chi connectivity index (χ2n) is 8.39. The highest BCUT2D eigenvalue weighted by Gasteiger charge is 2.54. The topological polar surface area (TPSA) is 92.7 Å². The highest BCUT2D eigenvalue weighted by molar-refractivity contribution is 5.75. The van der Waals surface area contributed by atoms with E-state index in [1.54, 1.807) is 20.8 Å². The predicted molar refractivity (Wildman–Crippen MR) is 106 cm³/mol. The number of ether oxygens (including phenoxy) is 6. The van der Waals surface area contributed by atoms with Gasteiger partial charge in [-0.2, -0.15) is 0 Å². The maximum atomic E-state index is 12.6. The standard InChI is InChI=1S/C22H32O8/c1-6-25-20(24)19(26-12-14-10-8-7-9-11-14)16(23)18-17(29-22(4,5)30-18)15-13-27-21(2,3)28-15/h7-11,15-19,23H,6,12-13H2,1-5H3/t15-,16+,17-,18-,19-/m1/s1. The second kappa shape index (κ2) is 9.30. The largest absolute Gasteiger partial charge is 0.464 e. The molecule has 1 N–H and O–H groups in total. The maximum Gasteiger partial charge on any atom is 0.338 e. The Hall–Kier alpha value is -1.55. The van der Waals surface area contributed by atoms with Crippen LogP contribution in [0.2, 0.25) is 0 Å². The lowest BCUT2D eigenvalue weighted by Crippen LogP contribution is -2.51. The molecule has 8 nitrogen and oxygen atoms in total. The summed E-state index contributed by atoms with van der Waals surface area (Å²) in [7, 11) is 0. The predicted octanol–water partition coefficient (Wildman–Crippen LogP) is 2.17. The summed E-state index contributed by atoms with van der Waals surface area (Å²) in [6.07, 6.45) is -4.54. The van der Waals surface area contributed by atoms with E-state index >= 15 is 0 Å². The number of aliphatic hydroxyl groups is 1. The molecule has 2 fully saturated rings. The third-order valence-corrected chi connectivity index (χ3v) is 5.00. The molecular formula is C22H32O8. The van der Waals surface area contributed by atoms with Crippen molar-refractivity contribution >= 4 is 5.97 Å². The van der Waals surface area contributed by atoms with E-state index in [0.29, 0.717) is 0 Å². The summed E-state index contributed by atoms with van der Waals surface area (Å²) in [6, 6.07) is 9.39. The average molecular weight is 424 g/mol. The zero-order chi connectivity index (χ0) is 21.9. The maximum absolute atomic E-state index is 12.6. The molecule has 0 saturated carbocycles. The molecule has 2 aliphatic heterocycles. The van der Waals surface area contributed by atoms with Crippen LogP contribution in [0.25, 0.3) is 0 Å². The quantitative estimate of drug-likeness (QED) is 0.635. The summed E-state index contributed by atoms with van der Waals surface area (Å²) in [5.74, 6) is -2.39. The molecule has 2 aliphatic rings. The molecule has 2 saturated heterocycles. The molecule has 30 heavy (non-hydrogen) atoms. The third-order valence-electron chi connectivity index (χ3n) is 5.00. The molecule has 0 bridgehead atoms. The van der Waals surface area contributed by atoms with Gasteiger partial charge in [0.15, 0.2) is 17.7 Å². The fourth-order valence-corrected chi connectivity index (χ4v) is 3.71. The minimum Gasteiger partial charge on any atom is -0.464 e. The molecule has 0 aromatic heterocycles. The highest BCUT2D eigenvalue weighted by atomic mass is 16.8. The van der Waals surface area contributed by atoms with E-state index in [1.807, 2.05) is 44.2 Å². The zero-order valence-corrected chi connectivity index (χ0v) is 18.2. The first-order valence-electron chi connectivity index (χ1n) is 10.3. The van der Waals surface area contributed by atoms with Crippen LogP contribution in [0.15, 0.2) is 30.3 Å². The number of esters is 1. The van der Waals surface area contributed by atoms with E-state index in [0.717, 1.165) is 5.56 Å². The van der Waals surface area contributed by atoms with E-state index in [4.69, 9.17) is 28.4 Å². The Morgan fingerprint density at radius 3 is 2.43 bits per heavy atom. The van der Waals surface area contributed by atoms with Gasteiger partial charge in [0.25, 0.3) is 0 Å². The van der Waals surface area contributed by atoms with Crippen LogP contribution in [0.1, 0.15) is 40.2 Å². The number of hydrogen-bond acceptors (Lipinski definition) is 8. The lowest BCUT2D eigenvalue weighted by molar-refractivity contribution is -0.185. The summed E-state index contributed by atoms with van der Waals surface area (Å²) < 4.78 is 34.5. The first-order valence-corrected chi connectivity index (χ1v) is 10.3. The van der Waals surface area contributed by atoms with Gasteiger partial charge in [-0.05, 0) is 40.2 Å². The van der Waals surface area contributed by atoms with E-state index in [1.165, 1.54) is 0 Å². The van der Waals surface area contributed by atoms with E-state index in [9.17, 15) is 9.90 Å². The van der Waals surface area contributed by atoms with Crippen LogP contribution in [-0.2, 0) is 39.8 Å². The first-order chi connectivity index (χ1) is 14.1. The second-order valence-corrected chi connectivity index (χ2v) is 8.39. The minimum absolute atomic E-state index is 0.138. The Labute approximate surface area is 177 Å². The Morgan fingerprint density at radius 1 is 1.13 bits per heavy atom. The summed E-state index contributed by atoms with van der Waals surface area (Å²) in [5.41, 5.74) is 0.869. The van der Waals surface area contributed by atoms with Crippen LogP contribution < -0.4 is 0 Å². The van der Waals surface area contributed by atoms with Crippen molar-refractivity contribution in [3.05, 3.63) is 35.9 Å². The van der Waals surface area contributed by atoms with E-state index < -0.39 is 48.1 Å². The Bertz CT molecular complexity index is 704. The summed E-state index contributed by atoms with van der Waals surface area (Å²) in [5, 5.41) is 11.1. The number of aliphatic hydroxyl groups excluding tert-OH is 1. The van der Waals surface area contributed by atoms with Gasteiger partial charge in [0.2, 0.25) is 0 Å². The molecule has 0 radical (unpaired) electrons. The summed E-state index contributed by atoms with van der Waals surface area (Å²) in [6.45, 7) is 9.41. The smallest absolute Gasteiger partial charge is 0.338 e.